The van der Waals surface area contributed by atoms with Crippen molar-refractivity contribution in [2.45, 2.75) is 6.92 Å². The Balaban J connectivity index is 2.24. The van der Waals surface area contributed by atoms with Crippen molar-refractivity contribution in [1.29, 1.82) is 0 Å². The molecule has 0 bridgehead atoms. The second-order valence-corrected chi connectivity index (χ2v) is 4.32. The van der Waals surface area contributed by atoms with E-state index in [1.807, 2.05) is 29.8 Å². The molecule has 4 heteroatoms. The van der Waals surface area contributed by atoms with Gasteiger partial charge in [0.2, 0.25) is 0 Å². The molecule has 82 valence electrons. The van der Waals surface area contributed by atoms with E-state index in [4.69, 9.17) is 5.73 Å². The Bertz CT molecular complexity index is 506. The molecule has 3 nitrogen and oxygen atoms in total. The number of nitrogen functional groups attached to an aromatic ring is 1. The quantitative estimate of drug-likeness (QED) is 0.782. The van der Waals surface area contributed by atoms with Gasteiger partial charge in [-0.2, -0.15) is 11.3 Å². The first kappa shape index (κ1) is 10.7. The van der Waals surface area contributed by atoms with E-state index in [1.165, 1.54) is 0 Å². The van der Waals surface area contributed by atoms with Crippen LogP contribution in [0.2, 0.25) is 0 Å². The fourth-order valence-corrected chi connectivity index (χ4v) is 2.01. The minimum Gasteiger partial charge on any atom is -0.399 e. The van der Waals surface area contributed by atoms with Crippen LogP contribution in [0.3, 0.4) is 0 Å². The molecule has 0 aliphatic carbocycles. The number of benzene rings is 1. The van der Waals surface area contributed by atoms with E-state index in [1.54, 1.807) is 23.5 Å². The number of hydrogen-bond donors (Lipinski definition) is 2. The number of anilines is 2. The smallest absolute Gasteiger partial charge is 0.256 e. The first-order valence-electron chi connectivity index (χ1n) is 4.86. The number of thiophene rings is 1. The Kier molecular flexibility index (Phi) is 2.92. The van der Waals surface area contributed by atoms with Crippen molar-refractivity contribution >= 4 is 28.6 Å². The molecule has 1 aromatic heterocycles. The monoisotopic (exact) mass is 232 g/mol. The predicted molar refractivity (Wildman–Crippen MR) is 67.9 cm³/mol. The van der Waals surface area contributed by atoms with E-state index in [9.17, 15) is 4.79 Å². The Morgan fingerprint density at radius 2 is 2.19 bits per heavy atom. The van der Waals surface area contributed by atoms with Gasteiger partial charge in [0.15, 0.2) is 0 Å². The molecule has 2 aromatic rings. The van der Waals surface area contributed by atoms with E-state index in [0.29, 0.717) is 11.3 Å². The number of hydrogen-bond acceptors (Lipinski definition) is 3. The van der Waals surface area contributed by atoms with Gasteiger partial charge in [-0.25, -0.2) is 0 Å². The maximum atomic E-state index is 11.9. The van der Waals surface area contributed by atoms with Gasteiger partial charge in [0.1, 0.15) is 0 Å². The highest BCUT2D eigenvalue weighted by Crippen LogP contribution is 2.17. The zero-order chi connectivity index (χ0) is 11.5. The van der Waals surface area contributed by atoms with Gasteiger partial charge in [-0.15, -0.1) is 0 Å². The van der Waals surface area contributed by atoms with Crippen molar-refractivity contribution in [3.63, 3.8) is 0 Å². The van der Waals surface area contributed by atoms with Gasteiger partial charge in [0.05, 0.1) is 5.69 Å². The number of rotatable bonds is 2. The molecule has 0 saturated heterocycles. The van der Waals surface area contributed by atoms with E-state index in [0.717, 1.165) is 11.3 Å². The summed E-state index contributed by atoms with van der Waals surface area (Å²) in [5.41, 5.74) is 8.61. The molecule has 0 spiro atoms. The Hall–Kier alpha value is -1.81. The van der Waals surface area contributed by atoms with Crippen molar-refractivity contribution in [2.75, 3.05) is 11.1 Å². The number of nitrogens with one attached hydrogen (secondary N) is 1. The Labute approximate surface area is 97.9 Å². The number of amides is 1. The third-order valence-corrected chi connectivity index (χ3v) is 2.97. The zero-order valence-corrected chi connectivity index (χ0v) is 9.67. The molecule has 1 amide bonds. The van der Waals surface area contributed by atoms with Gasteiger partial charge >= 0.3 is 0 Å². The molecule has 0 fully saturated rings. The minimum absolute atomic E-state index is 0.122. The number of aryl methyl sites for hydroxylation is 1. The fourth-order valence-electron chi connectivity index (χ4n) is 1.42. The van der Waals surface area contributed by atoms with Gasteiger partial charge < -0.3 is 11.1 Å². The second-order valence-electron chi connectivity index (χ2n) is 3.54. The summed E-state index contributed by atoms with van der Waals surface area (Å²) in [6.07, 6.45) is 0. The molecule has 16 heavy (non-hydrogen) atoms. The third-order valence-electron chi connectivity index (χ3n) is 2.29. The van der Waals surface area contributed by atoms with Gasteiger partial charge in [-0.3, -0.25) is 4.79 Å². The Morgan fingerprint density at radius 1 is 1.38 bits per heavy atom. The lowest BCUT2D eigenvalue weighted by atomic mass is 10.1. The summed E-state index contributed by atoms with van der Waals surface area (Å²) in [4.78, 5) is 11.9. The maximum absolute atomic E-state index is 11.9. The van der Waals surface area contributed by atoms with Gasteiger partial charge in [-0.05, 0) is 36.1 Å². The van der Waals surface area contributed by atoms with E-state index in [2.05, 4.69) is 5.32 Å². The summed E-state index contributed by atoms with van der Waals surface area (Å²) in [7, 11) is 0. The predicted octanol–water partition coefficient (Wildman–Crippen LogP) is 2.89. The lowest BCUT2D eigenvalue weighted by molar-refractivity contribution is 0.102. The molecular formula is C12H12N2OS. The molecule has 0 aliphatic rings. The van der Waals surface area contributed by atoms with Crippen LogP contribution in [0.1, 0.15) is 15.9 Å². The average molecular weight is 232 g/mol. The van der Waals surface area contributed by atoms with Crippen LogP contribution in [0.15, 0.2) is 35.0 Å². The van der Waals surface area contributed by atoms with E-state index >= 15 is 0 Å². The van der Waals surface area contributed by atoms with Crippen LogP contribution in [0.5, 0.6) is 0 Å². The molecule has 1 heterocycles. The average Bonchev–Trinajstić information content (AvgIpc) is 2.74. The summed E-state index contributed by atoms with van der Waals surface area (Å²) in [6, 6.07) is 7.19. The number of carbonyl (C=O) groups excluding carboxylic acids is 1. The van der Waals surface area contributed by atoms with Crippen molar-refractivity contribution in [3.05, 3.63) is 46.2 Å². The third kappa shape index (κ3) is 2.23. The topological polar surface area (TPSA) is 55.1 Å². The minimum atomic E-state index is -0.122. The molecule has 0 saturated carbocycles. The highest BCUT2D eigenvalue weighted by Gasteiger charge is 2.09. The van der Waals surface area contributed by atoms with Crippen LogP contribution < -0.4 is 11.1 Å². The summed E-state index contributed by atoms with van der Waals surface area (Å²) in [5.74, 6) is -0.122. The molecule has 0 atom stereocenters. The van der Waals surface area contributed by atoms with E-state index in [-0.39, 0.29) is 5.91 Å². The van der Waals surface area contributed by atoms with E-state index < -0.39 is 0 Å². The lowest BCUT2D eigenvalue weighted by Gasteiger charge is -2.06. The largest absolute Gasteiger partial charge is 0.399 e. The highest BCUT2D eigenvalue weighted by molar-refractivity contribution is 7.08. The van der Waals surface area contributed by atoms with Crippen LogP contribution >= 0.6 is 11.3 Å². The van der Waals surface area contributed by atoms with Crippen LogP contribution in [0, 0.1) is 6.92 Å². The zero-order valence-electron chi connectivity index (χ0n) is 8.86. The van der Waals surface area contributed by atoms with Crippen molar-refractivity contribution in [1.82, 2.24) is 0 Å². The number of carbonyl (C=O) groups is 1. The maximum Gasteiger partial charge on any atom is 0.256 e. The number of nitrogens with two attached hydrogens (primary N) is 1. The molecule has 2 rings (SSSR count). The van der Waals surface area contributed by atoms with Gasteiger partial charge in [-0.1, -0.05) is 6.07 Å². The molecular weight excluding hydrogens is 220 g/mol. The van der Waals surface area contributed by atoms with Crippen LogP contribution in [-0.2, 0) is 0 Å². The lowest BCUT2D eigenvalue weighted by Crippen LogP contribution is -2.13. The molecule has 1 aromatic carbocycles. The molecule has 3 N–H and O–H groups in total. The van der Waals surface area contributed by atoms with Crippen LogP contribution in [-0.4, -0.2) is 5.91 Å². The summed E-state index contributed by atoms with van der Waals surface area (Å²) < 4.78 is 0. The summed E-state index contributed by atoms with van der Waals surface area (Å²) >= 11 is 1.54. The SMILES string of the molecule is Cc1ccc(N)cc1C(=O)Nc1ccsc1. The van der Waals surface area contributed by atoms with Crippen molar-refractivity contribution in [2.24, 2.45) is 0 Å². The first-order chi connectivity index (χ1) is 7.66. The van der Waals surface area contributed by atoms with Crippen molar-refractivity contribution in [3.8, 4) is 0 Å². The molecule has 0 aliphatic heterocycles. The summed E-state index contributed by atoms with van der Waals surface area (Å²) in [6.45, 7) is 1.89. The molecule has 0 radical (unpaired) electrons. The Morgan fingerprint density at radius 3 is 2.88 bits per heavy atom. The first-order valence-corrected chi connectivity index (χ1v) is 5.81. The van der Waals surface area contributed by atoms with Crippen molar-refractivity contribution < 1.29 is 4.79 Å². The second kappa shape index (κ2) is 4.37. The standard InChI is InChI=1S/C12H12N2OS/c1-8-2-3-9(13)6-11(8)12(15)14-10-4-5-16-7-10/h2-7H,13H2,1H3,(H,14,15). The highest BCUT2D eigenvalue weighted by atomic mass is 32.1. The molecule has 0 unspecified atom stereocenters. The fraction of sp³-hybridized carbons (Fsp3) is 0.0833. The van der Waals surface area contributed by atoms with Gasteiger partial charge in [0, 0.05) is 16.6 Å². The van der Waals surface area contributed by atoms with Crippen LogP contribution in [0.25, 0.3) is 0 Å². The summed E-state index contributed by atoms with van der Waals surface area (Å²) in [5, 5.41) is 6.63. The van der Waals surface area contributed by atoms with Crippen LogP contribution in [0.4, 0.5) is 11.4 Å². The normalized spacial score (nSPS) is 10.1. The van der Waals surface area contributed by atoms with Gasteiger partial charge in [0.25, 0.3) is 5.91 Å².